The number of carbonyl (C=O) groups excluding carboxylic acids is 1. The Labute approximate surface area is 109 Å². The first-order valence-electron chi connectivity index (χ1n) is 6.68. The van der Waals surface area contributed by atoms with Crippen molar-refractivity contribution in [1.29, 1.82) is 0 Å². The van der Waals surface area contributed by atoms with Gasteiger partial charge in [0.05, 0.1) is 11.7 Å². The molecule has 0 N–H and O–H groups in total. The second-order valence-corrected chi connectivity index (χ2v) is 4.97. The van der Waals surface area contributed by atoms with Gasteiger partial charge in [0, 0.05) is 0 Å². The molecule has 96 valence electrons. The van der Waals surface area contributed by atoms with E-state index in [4.69, 9.17) is 4.74 Å². The molecule has 18 heavy (non-hydrogen) atoms. The molecule has 2 heteroatoms. The minimum atomic E-state index is 0.0827. The van der Waals surface area contributed by atoms with Crippen LogP contribution in [0.15, 0.2) is 35.9 Å². The van der Waals surface area contributed by atoms with Gasteiger partial charge in [-0.2, -0.15) is 0 Å². The van der Waals surface area contributed by atoms with E-state index in [0.717, 1.165) is 24.8 Å². The van der Waals surface area contributed by atoms with E-state index in [1.54, 1.807) is 0 Å². The Hall–Kier alpha value is -1.57. The second-order valence-electron chi connectivity index (χ2n) is 4.97. The molecule has 0 heterocycles. The fourth-order valence-corrected chi connectivity index (χ4v) is 2.23. The molecule has 1 aromatic carbocycles. The molecule has 0 saturated heterocycles. The lowest BCUT2D eigenvalue weighted by Gasteiger charge is -2.16. The quantitative estimate of drug-likeness (QED) is 0.743. The topological polar surface area (TPSA) is 26.3 Å². The van der Waals surface area contributed by atoms with Crippen LogP contribution in [-0.2, 0) is 0 Å². The Morgan fingerprint density at radius 2 is 2.00 bits per heavy atom. The standard InChI is InChI=1S/C16H20O2/c1-12(2)18-15-11-7-6-10-14(15)16(17)13-8-4-3-5-9-13/h6-8,10-12H,3-5,9H2,1-2H3. The van der Waals surface area contributed by atoms with E-state index in [-0.39, 0.29) is 11.9 Å². The molecule has 0 radical (unpaired) electrons. The van der Waals surface area contributed by atoms with Crippen molar-refractivity contribution in [3.05, 3.63) is 41.5 Å². The maximum absolute atomic E-state index is 12.5. The number of Topliss-reactive ketones (excluding diaryl/α,β-unsaturated/α-hetero) is 1. The van der Waals surface area contributed by atoms with E-state index in [2.05, 4.69) is 6.08 Å². The van der Waals surface area contributed by atoms with Crippen LogP contribution in [0.2, 0.25) is 0 Å². The Bertz CT molecular complexity index is 458. The predicted molar refractivity (Wildman–Crippen MR) is 73.1 cm³/mol. The third-order valence-electron chi connectivity index (χ3n) is 3.08. The van der Waals surface area contributed by atoms with Crippen LogP contribution in [0, 0.1) is 0 Å². The van der Waals surface area contributed by atoms with Crippen molar-refractivity contribution in [3.63, 3.8) is 0 Å². The molecule has 1 aliphatic carbocycles. The maximum Gasteiger partial charge on any atom is 0.192 e. The summed E-state index contributed by atoms with van der Waals surface area (Å²) in [4.78, 5) is 12.5. The molecule has 2 rings (SSSR count). The average Bonchev–Trinajstić information content (AvgIpc) is 2.39. The van der Waals surface area contributed by atoms with Crippen molar-refractivity contribution < 1.29 is 9.53 Å². The molecule has 0 amide bonds. The van der Waals surface area contributed by atoms with Crippen LogP contribution in [0.1, 0.15) is 49.9 Å². The van der Waals surface area contributed by atoms with Crippen LogP contribution < -0.4 is 4.74 Å². The van der Waals surface area contributed by atoms with E-state index < -0.39 is 0 Å². The molecule has 1 aliphatic rings. The minimum absolute atomic E-state index is 0.0827. The van der Waals surface area contributed by atoms with Crippen molar-refractivity contribution in [2.24, 2.45) is 0 Å². The molecule has 0 spiro atoms. The Kier molecular flexibility index (Phi) is 4.19. The van der Waals surface area contributed by atoms with Gasteiger partial charge in [0.25, 0.3) is 0 Å². The van der Waals surface area contributed by atoms with Crippen LogP contribution in [0.25, 0.3) is 0 Å². The molecular weight excluding hydrogens is 224 g/mol. The maximum atomic E-state index is 12.5. The lowest BCUT2D eigenvalue weighted by atomic mass is 9.93. The zero-order chi connectivity index (χ0) is 13.0. The van der Waals surface area contributed by atoms with Gasteiger partial charge in [0.1, 0.15) is 5.75 Å². The largest absolute Gasteiger partial charge is 0.490 e. The third kappa shape index (κ3) is 3.00. The summed E-state index contributed by atoms with van der Waals surface area (Å²) in [7, 11) is 0. The Balaban J connectivity index is 2.26. The number of benzene rings is 1. The smallest absolute Gasteiger partial charge is 0.192 e. The summed E-state index contributed by atoms with van der Waals surface area (Å²) in [5, 5.41) is 0. The number of para-hydroxylation sites is 1. The summed E-state index contributed by atoms with van der Waals surface area (Å²) in [6.07, 6.45) is 6.39. The number of ether oxygens (including phenoxy) is 1. The monoisotopic (exact) mass is 244 g/mol. The summed E-state index contributed by atoms with van der Waals surface area (Å²) in [5.41, 5.74) is 1.64. The van der Waals surface area contributed by atoms with Crippen molar-refractivity contribution in [1.82, 2.24) is 0 Å². The highest BCUT2D eigenvalue weighted by Gasteiger charge is 2.18. The summed E-state index contributed by atoms with van der Waals surface area (Å²) >= 11 is 0. The van der Waals surface area contributed by atoms with E-state index in [0.29, 0.717) is 11.3 Å². The molecule has 0 saturated carbocycles. The van der Waals surface area contributed by atoms with Crippen molar-refractivity contribution in [2.45, 2.75) is 45.6 Å². The van der Waals surface area contributed by atoms with Crippen LogP contribution in [0.4, 0.5) is 0 Å². The van der Waals surface area contributed by atoms with Crippen molar-refractivity contribution >= 4 is 5.78 Å². The SMILES string of the molecule is CC(C)Oc1ccccc1C(=O)C1=CCCCC1. The highest BCUT2D eigenvalue weighted by Crippen LogP contribution is 2.26. The second kappa shape index (κ2) is 5.85. The zero-order valence-electron chi connectivity index (χ0n) is 11.1. The summed E-state index contributed by atoms with van der Waals surface area (Å²) in [6.45, 7) is 3.95. The molecule has 2 nitrogen and oxygen atoms in total. The Morgan fingerprint density at radius 1 is 1.22 bits per heavy atom. The number of rotatable bonds is 4. The van der Waals surface area contributed by atoms with Gasteiger partial charge in [-0.25, -0.2) is 0 Å². The lowest BCUT2D eigenvalue weighted by molar-refractivity contribution is 0.102. The van der Waals surface area contributed by atoms with E-state index >= 15 is 0 Å². The van der Waals surface area contributed by atoms with Gasteiger partial charge in [-0.1, -0.05) is 18.2 Å². The minimum Gasteiger partial charge on any atom is -0.490 e. The van der Waals surface area contributed by atoms with Gasteiger partial charge < -0.3 is 4.74 Å². The highest BCUT2D eigenvalue weighted by atomic mass is 16.5. The van der Waals surface area contributed by atoms with Gasteiger partial charge >= 0.3 is 0 Å². The molecule has 0 aliphatic heterocycles. The number of hydrogen-bond acceptors (Lipinski definition) is 2. The van der Waals surface area contributed by atoms with E-state index in [1.807, 2.05) is 38.1 Å². The first-order valence-corrected chi connectivity index (χ1v) is 6.68. The molecule has 0 fully saturated rings. The number of hydrogen-bond donors (Lipinski definition) is 0. The summed E-state index contributed by atoms with van der Waals surface area (Å²) in [5.74, 6) is 0.829. The van der Waals surface area contributed by atoms with Gasteiger partial charge in [0.2, 0.25) is 0 Å². The Morgan fingerprint density at radius 3 is 2.67 bits per heavy atom. The van der Waals surface area contributed by atoms with Crippen LogP contribution in [-0.4, -0.2) is 11.9 Å². The van der Waals surface area contributed by atoms with Gasteiger partial charge in [0.15, 0.2) is 5.78 Å². The number of ketones is 1. The molecule has 0 aromatic heterocycles. The van der Waals surface area contributed by atoms with Crippen LogP contribution >= 0.6 is 0 Å². The highest BCUT2D eigenvalue weighted by molar-refractivity contribution is 6.10. The van der Waals surface area contributed by atoms with Crippen molar-refractivity contribution in [2.75, 3.05) is 0 Å². The number of allylic oxidation sites excluding steroid dienone is 2. The zero-order valence-corrected chi connectivity index (χ0v) is 11.1. The van der Waals surface area contributed by atoms with Gasteiger partial charge in [-0.15, -0.1) is 0 Å². The van der Waals surface area contributed by atoms with Crippen LogP contribution in [0.5, 0.6) is 5.75 Å². The van der Waals surface area contributed by atoms with Gasteiger partial charge in [-0.05, 0) is 57.2 Å². The molecular formula is C16H20O2. The van der Waals surface area contributed by atoms with Crippen LogP contribution in [0.3, 0.4) is 0 Å². The van der Waals surface area contributed by atoms with Gasteiger partial charge in [-0.3, -0.25) is 4.79 Å². The first-order chi connectivity index (χ1) is 8.68. The number of carbonyl (C=O) groups is 1. The summed E-state index contributed by atoms with van der Waals surface area (Å²) in [6, 6.07) is 7.53. The summed E-state index contributed by atoms with van der Waals surface area (Å²) < 4.78 is 5.71. The predicted octanol–water partition coefficient (Wildman–Crippen LogP) is 4.16. The molecule has 1 aromatic rings. The van der Waals surface area contributed by atoms with E-state index in [9.17, 15) is 4.79 Å². The molecule has 0 bridgehead atoms. The molecule has 0 atom stereocenters. The fourth-order valence-electron chi connectivity index (χ4n) is 2.23. The van der Waals surface area contributed by atoms with E-state index in [1.165, 1.54) is 6.42 Å². The lowest BCUT2D eigenvalue weighted by Crippen LogP contribution is -2.12. The fraction of sp³-hybridized carbons (Fsp3) is 0.438. The normalized spacial score (nSPS) is 15.4. The van der Waals surface area contributed by atoms with Crippen molar-refractivity contribution in [3.8, 4) is 5.75 Å². The third-order valence-corrected chi connectivity index (χ3v) is 3.08. The molecule has 0 unspecified atom stereocenters. The average molecular weight is 244 g/mol. The first kappa shape index (κ1) is 12.9.